The Kier molecular flexibility index (Phi) is 3.48. The minimum Gasteiger partial charge on any atom is -0.356 e. The molecule has 1 amide bonds. The van der Waals surface area contributed by atoms with Gasteiger partial charge in [0, 0.05) is 29.9 Å². The molecule has 0 atom stereocenters. The van der Waals surface area contributed by atoms with Crippen molar-refractivity contribution in [2.24, 2.45) is 5.92 Å². The van der Waals surface area contributed by atoms with Crippen molar-refractivity contribution < 1.29 is 4.79 Å². The fourth-order valence-corrected chi connectivity index (χ4v) is 3.96. The van der Waals surface area contributed by atoms with Crippen LogP contribution in [0.4, 0.5) is 5.82 Å². The molecule has 116 valence electrons. The lowest BCUT2D eigenvalue weighted by Crippen LogP contribution is -2.45. The van der Waals surface area contributed by atoms with Crippen LogP contribution >= 0.6 is 11.3 Å². The second-order valence-corrected chi connectivity index (χ2v) is 7.55. The van der Waals surface area contributed by atoms with Crippen LogP contribution in [0.25, 0.3) is 10.2 Å². The molecule has 1 aliphatic carbocycles. The summed E-state index contributed by atoms with van der Waals surface area (Å²) in [6, 6.07) is 2.50. The third kappa shape index (κ3) is 2.67. The summed E-state index contributed by atoms with van der Waals surface area (Å²) < 4.78 is 0. The lowest BCUT2D eigenvalue weighted by atomic mass is 10.0. The van der Waals surface area contributed by atoms with Crippen LogP contribution in [0.5, 0.6) is 0 Å². The van der Waals surface area contributed by atoms with Crippen LogP contribution in [0.2, 0.25) is 0 Å². The molecule has 2 aliphatic rings. The van der Waals surface area contributed by atoms with E-state index in [0.29, 0.717) is 12.0 Å². The Bertz CT molecular complexity index is 701. The van der Waals surface area contributed by atoms with Crippen molar-refractivity contribution in [2.45, 2.75) is 38.6 Å². The molecule has 1 aliphatic heterocycles. The Balaban J connectivity index is 1.45. The van der Waals surface area contributed by atoms with E-state index < -0.39 is 0 Å². The number of carbonyl (C=O) groups excluding carboxylic acids is 1. The predicted octanol–water partition coefficient (Wildman–Crippen LogP) is 2.49. The van der Waals surface area contributed by atoms with Crippen LogP contribution < -0.4 is 10.2 Å². The Morgan fingerprint density at radius 2 is 2.05 bits per heavy atom. The summed E-state index contributed by atoms with van der Waals surface area (Å²) in [5, 5.41) is 4.36. The smallest absolute Gasteiger partial charge is 0.223 e. The number of nitrogens with one attached hydrogen (secondary N) is 1. The third-order valence-electron chi connectivity index (χ3n) is 4.52. The number of aryl methyl sites for hydroxylation is 1. The van der Waals surface area contributed by atoms with E-state index >= 15 is 0 Å². The number of amides is 1. The first-order valence-electron chi connectivity index (χ1n) is 7.97. The van der Waals surface area contributed by atoms with Crippen LogP contribution in [0.15, 0.2) is 12.4 Å². The molecule has 22 heavy (non-hydrogen) atoms. The monoisotopic (exact) mass is 316 g/mol. The molecule has 4 rings (SSSR count). The van der Waals surface area contributed by atoms with E-state index in [0.717, 1.165) is 54.8 Å². The van der Waals surface area contributed by atoms with Gasteiger partial charge >= 0.3 is 0 Å². The SMILES string of the molecule is Cc1cc2c(N3CCC(NC(=O)C4CC4)CC3)ncnc2s1. The second-order valence-electron chi connectivity index (χ2n) is 6.32. The highest BCUT2D eigenvalue weighted by atomic mass is 32.1. The molecule has 1 saturated heterocycles. The van der Waals surface area contributed by atoms with Crippen molar-refractivity contribution in [3.63, 3.8) is 0 Å². The van der Waals surface area contributed by atoms with Gasteiger partial charge in [0.25, 0.3) is 0 Å². The quantitative estimate of drug-likeness (QED) is 0.945. The standard InChI is InChI=1S/C16H20N4OS/c1-10-8-13-14(17-9-18-16(13)22-10)20-6-4-12(5-7-20)19-15(21)11-2-3-11/h8-9,11-12H,2-7H2,1H3,(H,19,21). The third-order valence-corrected chi connectivity index (χ3v) is 5.48. The van der Waals surface area contributed by atoms with Crippen molar-refractivity contribution in [3.8, 4) is 0 Å². The summed E-state index contributed by atoms with van der Waals surface area (Å²) in [5.74, 6) is 1.60. The van der Waals surface area contributed by atoms with Crippen molar-refractivity contribution in [1.29, 1.82) is 0 Å². The van der Waals surface area contributed by atoms with Crippen molar-refractivity contribution in [1.82, 2.24) is 15.3 Å². The molecule has 2 aromatic heterocycles. The summed E-state index contributed by atoms with van der Waals surface area (Å²) in [4.78, 5) is 25.4. The molecule has 0 radical (unpaired) electrons. The first kappa shape index (κ1) is 13.9. The molecule has 5 nitrogen and oxygen atoms in total. The number of carbonyl (C=O) groups is 1. The van der Waals surface area contributed by atoms with Gasteiger partial charge in [0.2, 0.25) is 5.91 Å². The number of hydrogen-bond donors (Lipinski definition) is 1. The van der Waals surface area contributed by atoms with E-state index in [1.54, 1.807) is 17.7 Å². The molecular formula is C16H20N4OS. The van der Waals surface area contributed by atoms with Gasteiger partial charge in [0.05, 0.1) is 5.39 Å². The van der Waals surface area contributed by atoms with Gasteiger partial charge in [0.15, 0.2) is 0 Å². The maximum absolute atomic E-state index is 11.9. The van der Waals surface area contributed by atoms with Crippen LogP contribution in [-0.2, 0) is 4.79 Å². The summed E-state index contributed by atoms with van der Waals surface area (Å²) in [6.07, 6.45) is 5.79. The van der Waals surface area contributed by atoms with Gasteiger partial charge in [-0.2, -0.15) is 0 Å². The maximum atomic E-state index is 11.9. The number of thiophene rings is 1. The average Bonchev–Trinajstić information content (AvgIpc) is 3.29. The number of aromatic nitrogens is 2. The Morgan fingerprint density at radius 3 is 2.77 bits per heavy atom. The number of hydrogen-bond acceptors (Lipinski definition) is 5. The molecule has 0 bridgehead atoms. The molecule has 3 heterocycles. The van der Waals surface area contributed by atoms with E-state index in [2.05, 4.69) is 33.2 Å². The molecule has 2 fully saturated rings. The molecule has 2 aromatic rings. The molecule has 0 spiro atoms. The van der Waals surface area contributed by atoms with Crippen LogP contribution in [-0.4, -0.2) is 35.0 Å². The largest absolute Gasteiger partial charge is 0.356 e. The van der Waals surface area contributed by atoms with Gasteiger partial charge < -0.3 is 10.2 Å². The average molecular weight is 316 g/mol. The molecular weight excluding hydrogens is 296 g/mol. The zero-order chi connectivity index (χ0) is 15.1. The molecule has 0 aromatic carbocycles. The van der Waals surface area contributed by atoms with Crippen molar-refractivity contribution >= 4 is 33.3 Å². The van der Waals surface area contributed by atoms with Gasteiger partial charge in [0.1, 0.15) is 17.0 Å². The zero-order valence-electron chi connectivity index (χ0n) is 12.7. The number of fused-ring (bicyclic) bond motifs is 1. The maximum Gasteiger partial charge on any atom is 0.223 e. The highest BCUT2D eigenvalue weighted by Crippen LogP contribution is 2.32. The minimum atomic E-state index is 0.260. The van der Waals surface area contributed by atoms with Crippen LogP contribution in [0.1, 0.15) is 30.6 Å². The summed E-state index contributed by atoms with van der Waals surface area (Å²) in [7, 11) is 0. The number of rotatable bonds is 3. The number of anilines is 1. The topological polar surface area (TPSA) is 58.1 Å². The summed E-state index contributed by atoms with van der Waals surface area (Å²) in [6.45, 7) is 3.99. The van der Waals surface area contributed by atoms with E-state index in [-0.39, 0.29) is 5.91 Å². The highest BCUT2D eigenvalue weighted by Gasteiger charge is 2.32. The molecule has 1 saturated carbocycles. The van der Waals surface area contributed by atoms with E-state index in [9.17, 15) is 4.79 Å². The van der Waals surface area contributed by atoms with Gasteiger partial charge in [-0.05, 0) is 38.7 Å². The summed E-state index contributed by atoms with van der Waals surface area (Å²) >= 11 is 1.71. The van der Waals surface area contributed by atoms with E-state index in [1.165, 1.54) is 4.88 Å². The second kappa shape index (κ2) is 5.50. The minimum absolute atomic E-state index is 0.260. The first-order valence-corrected chi connectivity index (χ1v) is 8.79. The van der Waals surface area contributed by atoms with Crippen LogP contribution in [0.3, 0.4) is 0 Å². The fourth-order valence-electron chi connectivity index (χ4n) is 3.12. The Labute approximate surface area is 133 Å². The number of piperidine rings is 1. The van der Waals surface area contributed by atoms with E-state index in [1.807, 2.05) is 0 Å². The number of nitrogens with zero attached hydrogens (tertiary/aromatic N) is 3. The molecule has 0 unspecified atom stereocenters. The highest BCUT2D eigenvalue weighted by molar-refractivity contribution is 7.18. The van der Waals surface area contributed by atoms with E-state index in [4.69, 9.17) is 0 Å². The Hall–Kier alpha value is -1.69. The Morgan fingerprint density at radius 1 is 1.27 bits per heavy atom. The molecule has 1 N–H and O–H groups in total. The van der Waals surface area contributed by atoms with Crippen molar-refractivity contribution in [2.75, 3.05) is 18.0 Å². The zero-order valence-corrected chi connectivity index (χ0v) is 13.5. The van der Waals surface area contributed by atoms with Crippen molar-refractivity contribution in [3.05, 3.63) is 17.3 Å². The van der Waals surface area contributed by atoms with Gasteiger partial charge in [-0.25, -0.2) is 9.97 Å². The van der Waals surface area contributed by atoms with Gasteiger partial charge in [-0.3, -0.25) is 4.79 Å². The molecule has 6 heteroatoms. The fraction of sp³-hybridized carbons (Fsp3) is 0.562. The summed E-state index contributed by atoms with van der Waals surface area (Å²) in [5.41, 5.74) is 0. The lowest BCUT2D eigenvalue weighted by molar-refractivity contribution is -0.123. The van der Waals surface area contributed by atoms with Gasteiger partial charge in [-0.1, -0.05) is 0 Å². The first-order chi connectivity index (χ1) is 10.7. The predicted molar refractivity (Wildman–Crippen MR) is 88.3 cm³/mol. The van der Waals surface area contributed by atoms with Gasteiger partial charge in [-0.15, -0.1) is 11.3 Å². The van der Waals surface area contributed by atoms with Crippen LogP contribution in [0, 0.1) is 12.8 Å². The lowest BCUT2D eigenvalue weighted by Gasteiger charge is -2.33. The normalized spacial score (nSPS) is 19.6.